The molecule has 6 heteroatoms. The van der Waals surface area contributed by atoms with Crippen molar-refractivity contribution >= 4 is 5.78 Å². The third kappa shape index (κ3) is 2.68. The molecule has 6 rings (SSSR count). The molecule has 9 atom stereocenters. The summed E-state index contributed by atoms with van der Waals surface area (Å²) in [7, 11) is 0. The number of aliphatic hydroxyl groups is 1. The van der Waals surface area contributed by atoms with Crippen LogP contribution in [0.3, 0.4) is 0 Å². The van der Waals surface area contributed by atoms with Crippen LogP contribution >= 0.6 is 0 Å². The van der Waals surface area contributed by atoms with Crippen LogP contribution in [0.2, 0.25) is 0 Å². The average Bonchev–Trinajstić information content (AvgIpc) is 2.96. The van der Waals surface area contributed by atoms with Gasteiger partial charge in [0.1, 0.15) is 0 Å². The molecule has 0 amide bonds. The van der Waals surface area contributed by atoms with Gasteiger partial charge in [0.05, 0.1) is 12.2 Å². The van der Waals surface area contributed by atoms with Crippen LogP contribution in [0.4, 0.5) is 0 Å². The van der Waals surface area contributed by atoms with E-state index in [1.807, 2.05) is 13.0 Å². The van der Waals surface area contributed by atoms with Crippen LogP contribution in [0.1, 0.15) is 65.7 Å². The molecule has 28 heavy (non-hydrogen) atoms. The molecule has 0 aromatic carbocycles. The molecule has 5 fully saturated rings. The maximum atomic E-state index is 12.0. The molecule has 0 unspecified atom stereocenters. The quantitative estimate of drug-likeness (QED) is 0.743. The van der Waals surface area contributed by atoms with Crippen LogP contribution in [-0.4, -0.2) is 40.8 Å². The zero-order chi connectivity index (χ0) is 19.7. The lowest BCUT2D eigenvalue weighted by Gasteiger charge is -2.60. The molecule has 4 saturated heterocycles. The lowest BCUT2D eigenvalue weighted by atomic mass is 9.57. The number of ketones is 1. The second-order valence-electron chi connectivity index (χ2n) is 9.82. The number of rotatable bonds is 3. The number of carbonyl (C=O) groups excluding carboxylic acids is 1. The first-order chi connectivity index (χ1) is 13.3. The second kappa shape index (κ2) is 6.61. The van der Waals surface area contributed by atoms with Gasteiger partial charge in [0.25, 0.3) is 0 Å². The minimum atomic E-state index is -0.786. The van der Waals surface area contributed by atoms with E-state index in [2.05, 4.69) is 13.8 Å². The Morgan fingerprint density at radius 2 is 2.04 bits per heavy atom. The highest BCUT2D eigenvalue weighted by molar-refractivity contribution is 5.98. The Kier molecular flexibility index (Phi) is 4.53. The summed E-state index contributed by atoms with van der Waals surface area (Å²) in [6.07, 6.45) is 6.09. The van der Waals surface area contributed by atoms with Crippen molar-refractivity contribution in [2.45, 2.75) is 95.6 Å². The number of Topliss-reactive ketones (excluding diaryl/α,β-unsaturated/α-hetero) is 1. The maximum absolute atomic E-state index is 12.0. The molecule has 156 valence electrons. The fourth-order valence-electron chi connectivity index (χ4n) is 6.53. The van der Waals surface area contributed by atoms with Gasteiger partial charge < -0.3 is 14.6 Å². The molecule has 1 N–H and O–H groups in total. The van der Waals surface area contributed by atoms with Crippen LogP contribution < -0.4 is 0 Å². The van der Waals surface area contributed by atoms with Gasteiger partial charge in [0.15, 0.2) is 17.7 Å². The average molecular weight is 392 g/mol. The van der Waals surface area contributed by atoms with Gasteiger partial charge in [-0.25, -0.2) is 9.78 Å². The first-order valence-corrected chi connectivity index (χ1v) is 11.0. The zero-order valence-electron chi connectivity index (χ0n) is 17.1. The highest BCUT2D eigenvalue weighted by Gasteiger charge is 2.69. The lowest BCUT2D eigenvalue weighted by Crippen LogP contribution is -2.70. The summed E-state index contributed by atoms with van der Waals surface area (Å²) < 4.78 is 12.8. The zero-order valence-corrected chi connectivity index (χ0v) is 17.1. The van der Waals surface area contributed by atoms with Crippen LogP contribution in [0, 0.1) is 23.7 Å². The fraction of sp³-hybridized carbons (Fsp3) is 0.864. The van der Waals surface area contributed by atoms with E-state index in [-0.39, 0.29) is 23.7 Å². The molecular weight excluding hydrogens is 360 g/mol. The van der Waals surface area contributed by atoms with Crippen molar-refractivity contribution in [3.63, 3.8) is 0 Å². The lowest BCUT2D eigenvalue weighted by molar-refractivity contribution is -0.571. The SMILES string of the molecule is C[C@H]1[C@@H](C[C@@H](O)C2=CCCC2=O)O[C@@H]2O[C@@]3(C)CC[C@H]4[C@H](C)CC[C@@H]1[C@@]24OO3. The van der Waals surface area contributed by atoms with Gasteiger partial charge in [-0.3, -0.25) is 4.79 Å². The highest BCUT2D eigenvalue weighted by atomic mass is 17.3. The third-order valence-corrected chi connectivity index (χ3v) is 8.17. The fourth-order valence-corrected chi connectivity index (χ4v) is 6.53. The Labute approximate surface area is 166 Å². The number of allylic oxidation sites excluding steroid dienone is 1. The largest absolute Gasteiger partial charge is 0.388 e. The number of hydrogen-bond acceptors (Lipinski definition) is 6. The summed E-state index contributed by atoms with van der Waals surface area (Å²) in [4.78, 5) is 24.0. The minimum absolute atomic E-state index is 0.0630. The summed E-state index contributed by atoms with van der Waals surface area (Å²) in [6, 6.07) is 0. The number of carbonyl (C=O) groups is 1. The van der Waals surface area contributed by atoms with Crippen LogP contribution in [0.5, 0.6) is 0 Å². The van der Waals surface area contributed by atoms with Crippen molar-refractivity contribution in [3.8, 4) is 0 Å². The Morgan fingerprint density at radius 1 is 1.21 bits per heavy atom. The second-order valence-corrected chi connectivity index (χ2v) is 9.82. The first-order valence-electron chi connectivity index (χ1n) is 11.0. The summed E-state index contributed by atoms with van der Waals surface area (Å²) in [5.41, 5.74) is -0.0159. The van der Waals surface area contributed by atoms with Crippen molar-refractivity contribution < 1.29 is 29.1 Å². The molecular formula is C22H32O6. The van der Waals surface area contributed by atoms with E-state index >= 15 is 0 Å². The highest BCUT2D eigenvalue weighted by Crippen LogP contribution is 2.60. The Morgan fingerprint density at radius 3 is 2.79 bits per heavy atom. The molecule has 6 nitrogen and oxygen atoms in total. The predicted molar refractivity (Wildman–Crippen MR) is 99.8 cm³/mol. The summed E-state index contributed by atoms with van der Waals surface area (Å²) >= 11 is 0. The summed E-state index contributed by atoms with van der Waals surface area (Å²) in [5.74, 6) is 0.588. The van der Waals surface area contributed by atoms with Gasteiger partial charge in [0, 0.05) is 30.8 Å². The number of ether oxygens (including phenoxy) is 2. The van der Waals surface area contributed by atoms with Gasteiger partial charge in [0.2, 0.25) is 5.79 Å². The van der Waals surface area contributed by atoms with Gasteiger partial charge in [-0.2, -0.15) is 0 Å². The van der Waals surface area contributed by atoms with Gasteiger partial charge in [-0.05, 0) is 50.4 Å². The Balaban J connectivity index is 1.44. The maximum Gasteiger partial charge on any atom is 0.201 e. The molecule has 4 heterocycles. The Bertz CT molecular complexity index is 691. The van der Waals surface area contributed by atoms with E-state index < -0.39 is 23.8 Å². The predicted octanol–water partition coefficient (Wildman–Crippen LogP) is 3.28. The normalized spacial score (nSPS) is 51.4. The molecule has 4 aliphatic heterocycles. The van der Waals surface area contributed by atoms with Crippen molar-refractivity contribution in [2.75, 3.05) is 0 Å². The van der Waals surface area contributed by atoms with Gasteiger partial charge in [-0.1, -0.05) is 19.9 Å². The van der Waals surface area contributed by atoms with Gasteiger partial charge >= 0.3 is 0 Å². The van der Waals surface area contributed by atoms with Crippen molar-refractivity contribution in [3.05, 3.63) is 11.6 Å². The minimum Gasteiger partial charge on any atom is -0.388 e. The molecule has 0 aromatic heterocycles. The monoisotopic (exact) mass is 392 g/mol. The molecule has 1 saturated carbocycles. The molecule has 2 aliphatic carbocycles. The van der Waals surface area contributed by atoms with Crippen molar-refractivity contribution in [1.29, 1.82) is 0 Å². The number of fused-ring (bicyclic) bond motifs is 2. The first kappa shape index (κ1) is 19.2. The van der Waals surface area contributed by atoms with Crippen LogP contribution in [0.25, 0.3) is 0 Å². The number of hydrogen-bond donors (Lipinski definition) is 1. The van der Waals surface area contributed by atoms with Crippen molar-refractivity contribution in [1.82, 2.24) is 0 Å². The molecule has 0 aromatic rings. The standard InChI is InChI=1S/C22H32O6/c1-12-7-8-16-13(2)19(11-18(24)14-5-4-6-17(14)23)25-20-22(16)15(12)9-10-21(3,26-20)27-28-22/h5,12-13,15-16,18-20,24H,4,6-11H2,1-3H3/t12-,13-,15+,16+,18-,19-,20-,21-,22-/m1/s1. The van der Waals surface area contributed by atoms with Crippen LogP contribution in [-0.2, 0) is 24.0 Å². The molecule has 2 bridgehead atoms. The van der Waals surface area contributed by atoms with E-state index in [4.69, 9.17) is 19.2 Å². The molecule has 1 spiro atoms. The molecule has 6 aliphatic rings. The van der Waals surface area contributed by atoms with Crippen LogP contribution in [0.15, 0.2) is 11.6 Å². The third-order valence-electron chi connectivity index (χ3n) is 8.17. The van der Waals surface area contributed by atoms with Crippen molar-refractivity contribution in [2.24, 2.45) is 23.7 Å². The smallest absolute Gasteiger partial charge is 0.201 e. The number of aliphatic hydroxyl groups excluding tert-OH is 1. The van der Waals surface area contributed by atoms with E-state index in [0.717, 1.165) is 32.1 Å². The summed E-state index contributed by atoms with van der Waals surface area (Å²) in [6.45, 7) is 6.41. The van der Waals surface area contributed by atoms with E-state index in [0.29, 0.717) is 30.3 Å². The van der Waals surface area contributed by atoms with E-state index in [1.165, 1.54) is 0 Å². The van der Waals surface area contributed by atoms with Gasteiger partial charge in [-0.15, -0.1) is 0 Å². The molecule has 0 radical (unpaired) electrons. The van der Waals surface area contributed by atoms with E-state index in [9.17, 15) is 9.90 Å². The topological polar surface area (TPSA) is 74.2 Å². The Hall–Kier alpha value is -0.790. The van der Waals surface area contributed by atoms with E-state index in [1.54, 1.807) is 0 Å². The summed E-state index contributed by atoms with van der Waals surface area (Å²) in [5, 5.41) is 10.7.